The Hall–Kier alpha value is -1.51. The Morgan fingerprint density at radius 1 is 1.29 bits per heavy atom. The van der Waals surface area contributed by atoms with E-state index in [0.717, 1.165) is 23.4 Å². The molecule has 0 aliphatic heterocycles. The van der Waals surface area contributed by atoms with E-state index >= 15 is 0 Å². The van der Waals surface area contributed by atoms with Crippen LogP contribution in [0.3, 0.4) is 0 Å². The molecular formula is C13H18N4O2S2. The number of nitrogens with one attached hydrogen (secondary N) is 2. The standard InChI is InChI=1S/C13H18N4O2S2/c1-3-5-14-8-11-12(10(2)9-20-11)21(18,19)17-13-15-6-4-7-16-13/h4,6-7,9,14H,3,5,8H2,1-2H3,(H,15,16,17). The third-order valence-corrected chi connectivity index (χ3v) is 5.55. The highest BCUT2D eigenvalue weighted by molar-refractivity contribution is 7.93. The predicted molar refractivity (Wildman–Crippen MR) is 83.9 cm³/mol. The van der Waals surface area contributed by atoms with E-state index in [1.54, 1.807) is 13.0 Å². The minimum absolute atomic E-state index is 0.0792. The number of anilines is 1. The molecule has 6 nitrogen and oxygen atoms in total. The van der Waals surface area contributed by atoms with Crippen LogP contribution < -0.4 is 10.0 Å². The zero-order chi connectivity index (χ0) is 15.3. The molecule has 2 heterocycles. The van der Waals surface area contributed by atoms with Gasteiger partial charge in [-0.2, -0.15) is 0 Å². The molecule has 2 aromatic heterocycles. The maximum absolute atomic E-state index is 12.5. The first-order valence-electron chi connectivity index (χ1n) is 6.62. The maximum Gasteiger partial charge on any atom is 0.265 e. The molecule has 2 N–H and O–H groups in total. The Balaban J connectivity index is 2.25. The highest BCUT2D eigenvalue weighted by atomic mass is 32.2. The van der Waals surface area contributed by atoms with Crippen LogP contribution in [-0.2, 0) is 16.6 Å². The van der Waals surface area contributed by atoms with Gasteiger partial charge < -0.3 is 5.32 Å². The Labute approximate surface area is 128 Å². The van der Waals surface area contributed by atoms with Crippen molar-refractivity contribution in [2.75, 3.05) is 11.3 Å². The quantitative estimate of drug-likeness (QED) is 0.762. The van der Waals surface area contributed by atoms with E-state index in [0.29, 0.717) is 11.4 Å². The molecular weight excluding hydrogens is 308 g/mol. The average molecular weight is 326 g/mol. The summed E-state index contributed by atoms with van der Waals surface area (Å²) in [5.41, 5.74) is 0.733. The van der Waals surface area contributed by atoms with E-state index in [4.69, 9.17) is 0 Å². The molecule has 0 saturated carbocycles. The molecule has 0 aliphatic rings. The van der Waals surface area contributed by atoms with Gasteiger partial charge in [-0.05, 0) is 36.9 Å². The Bertz CT molecular complexity index is 683. The summed E-state index contributed by atoms with van der Waals surface area (Å²) in [7, 11) is -3.67. The summed E-state index contributed by atoms with van der Waals surface area (Å²) in [5.74, 6) is 0.0792. The molecule has 0 atom stereocenters. The zero-order valence-corrected chi connectivity index (χ0v) is 13.6. The van der Waals surface area contributed by atoms with E-state index in [1.165, 1.54) is 23.7 Å². The summed E-state index contributed by atoms with van der Waals surface area (Å²) in [4.78, 5) is 8.91. The van der Waals surface area contributed by atoms with Gasteiger partial charge in [-0.3, -0.25) is 0 Å². The Morgan fingerprint density at radius 2 is 2.00 bits per heavy atom. The molecule has 0 aromatic carbocycles. The SMILES string of the molecule is CCCNCc1scc(C)c1S(=O)(=O)Nc1ncccn1. The van der Waals surface area contributed by atoms with Crippen LogP contribution in [0, 0.1) is 6.92 Å². The van der Waals surface area contributed by atoms with Crippen molar-refractivity contribution < 1.29 is 8.42 Å². The van der Waals surface area contributed by atoms with Crippen LogP contribution in [0.25, 0.3) is 0 Å². The summed E-state index contributed by atoms with van der Waals surface area (Å²) < 4.78 is 27.5. The van der Waals surface area contributed by atoms with Crippen LogP contribution in [-0.4, -0.2) is 24.9 Å². The first-order valence-corrected chi connectivity index (χ1v) is 8.98. The fourth-order valence-corrected chi connectivity index (χ4v) is 4.61. The van der Waals surface area contributed by atoms with Crippen LogP contribution >= 0.6 is 11.3 Å². The van der Waals surface area contributed by atoms with Crippen molar-refractivity contribution in [1.29, 1.82) is 0 Å². The van der Waals surface area contributed by atoms with Crippen molar-refractivity contribution in [2.45, 2.75) is 31.7 Å². The summed E-state index contributed by atoms with van der Waals surface area (Å²) in [5, 5.41) is 5.08. The molecule has 21 heavy (non-hydrogen) atoms. The van der Waals surface area contributed by atoms with Crippen molar-refractivity contribution in [1.82, 2.24) is 15.3 Å². The minimum atomic E-state index is -3.67. The highest BCUT2D eigenvalue weighted by Gasteiger charge is 2.23. The smallest absolute Gasteiger partial charge is 0.265 e. The number of aryl methyl sites for hydroxylation is 1. The molecule has 0 saturated heterocycles. The number of hydrogen-bond acceptors (Lipinski definition) is 6. The normalized spacial score (nSPS) is 11.5. The number of nitrogens with zero attached hydrogens (tertiary/aromatic N) is 2. The fraction of sp³-hybridized carbons (Fsp3) is 0.385. The molecule has 2 rings (SSSR count). The monoisotopic (exact) mass is 326 g/mol. The largest absolute Gasteiger partial charge is 0.312 e. The van der Waals surface area contributed by atoms with Gasteiger partial charge in [0.15, 0.2) is 0 Å². The third-order valence-electron chi connectivity index (χ3n) is 2.76. The Morgan fingerprint density at radius 3 is 2.67 bits per heavy atom. The van der Waals surface area contributed by atoms with Gasteiger partial charge in [0, 0.05) is 23.8 Å². The van der Waals surface area contributed by atoms with Crippen LogP contribution in [0.5, 0.6) is 0 Å². The average Bonchev–Trinajstić information content (AvgIpc) is 2.82. The van der Waals surface area contributed by atoms with E-state index in [9.17, 15) is 8.42 Å². The predicted octanol–water partition coefficient (Wildman–Crippen LogP) is 2.15. The van der Waals surface area contributed by atoms with Gasteiger partial charge >= 0.3 is 0 Å². The molecule has 0 radical (unpaired) electrons. The summed E-state index contributed by atoms with van der Waals surface area (Å²) in [6, 6.07) is 1.63. The van der Waals surface area contributed by atoms with Crippen LogP contribution in [0.15, 0.2) is 28.7 Å². The fourth-order valence-electron chi connectivity index (χ4n) is 1.87. The Kier molecular flexibility index (Phi) is 5.27. The van der Waals surface area contributed by atoms with Crippen LogP contribution in [0.2, 0.25) is 0 Å². The van der Waals surface area contributed by atoms with Gasteiger partial charge in [-0.25, -0.2) is 23.1 Å². The lowest BCUT2D eigenvalue weighted by atomic mass is 10.3. The van der Waals surface area contributed by atoms with Gasteiger partial charge in [0.2, 0.25) is 5.95 Å². The third kappa shape index (κ3) is 3.99. The van der Waals surface area contributed by atoms with Gasteiger partial charge in [-0.15, -0.1) is 11.3 Å². The molecule has 2 aromatic rings. The summed E-state index contributed by atoms with van der Waals surface area (Å²) in [6.45, 7) is 5.25. The lowest BCUT2D eigenvalue weighted by Crippen LogP contribution is -2.19. The lowest BCUT2D eigenvalue weighted by Gasteiger charge is -2.09. The highest BCUT2D eigenvalue weighted by Crippen LogP contribution is 2.27. The number of sulfonamides is 1. The molecule has 0 amide bonds. The summed E-state index contributed by atoms with van der Waals surface area (Å²) >= 11 is 1.44. The van der Waals surface area contributed by atoms with Crippen LogP contribution in [0.4, 0.5) is 5.95 Å². The van der Waals surface area contributed by atoms with E-state index < -0.39 is 10.0 Å². The van der Waals surface area contributed by atoms with Gasteiger partial charge in [0.25, 0.3) is 10.0 Å². The van der Waals surface area contributed by atoms with Crippen molar-refractivity contribution >= 4 is 27.3 Å². The molecule has 8 heteroatoms. The molecule has 0 spiro atoms. The second kappa shape index (κ2) is 6.97. The number of rotatable bonds is 7. The maximum atomic E-state index is 12.5. The molecule has 114 valence electrons. The first kappa shape index (κ1) is 15.9. The van der Waals surface area contributed by atoms with E-state index in [1.807, 2.05) is 5.38 Å². The zero-order valence-electron chi connectivity index (χ0n) is 12.0. The van der Waals surface area contributed by atoms with Crippen molar-refractivity contribution in [3.63, 3.8) is 0 Å². The van der Waals surface area contributed by atoms with E-state index in [2.05, 4.69) is 26.9 Å². The first-order chi connectivity index (χ1) is 10.0. The second-order valence-corrected chi connectivity index (χ2v) is 7.11. The number of aromatic nitrogens is 2. The molecule has 0 bridgehead atoms. The van der Waals surface area contributed by atoms with Gasteiger partial charge in [0.05, 0.1) is 0 Å². The van der Waals surface area contributed by atoms with Crippen molar-refractivity contribution in [3.05, 3.63) is 34.3 Å². The molecule has 0 aliphatic carbocycles. The second-order valence-electron chi connectivity index (χ2n) is 4.53. The van der Waals surface area contributed by atoms with Gasteiger partial charge in [0.1, 0.15) is 4.90 Å². The van der Waals surface area contributed by atoms with Gasteiger partial charge in [-0.1, -0.05) is 6.92 Å². The number of thiophene rings is 1. The summed E-state index contributed by atoms with van der Waals surface area (Å²) in [6.07, 6.45) is 3.99. The van der Waals surface area contributed by atoms with Crippen LogP contribution in [0.1, 0.15) is 23.8 Å². The molecule has 0 fully saturated rings. The van der Waals surface area contributed by atoms with Crippen molar-refractivity contribution in [2.24, 2.45) is 0 Å². The minimum Gasteiger partial charge on any atom is -0.312 e. The van der Waals surface area contributed by atoms with Crippen molar-refractivity contribution in [3.8, 4) is 0 Å². The lowest BCUT2D eigenvalue weighted by molar-refractivity contribution is 0.597. The topological polar surface area (TPSA) is 84.0 Å². The molecule has 0 unspecified atom stereocenters. The number of hydrogen-bond donors (Lipinski definition) is 2. The van der Waals surface area contributed by atoms with E-state index in [-0.39, 0.29) is 5.95 Å².